The molecule has 0 aliphatic carbocycles. The van der Waals surface area contributed by atoms with Gasteiger partial charge < -0.3 is 0 Å². The van der Waals surface area contributed by atoms with E-state index < -0.39 is 0 Å². The predicted octanol–water partition coefficient (Wildman–Crippen LogP) is 3.81. The van der Waals surface area contributed by atoms with Crippen LogP contribution in [0, 0.1) is 5.82 Å². The fourth-order valence-corrected chi connectivity index (χ4v) is 2.19. The molecular formula is C11H14Br2FN. The highest BCUT2D eigenvalue weighted by Crippen LogP contribution is 2.16. The number of alkyl halides is 1. The van der Waals surface area contributed by atoms with Crippen LogP contribution in [0.5, 0.6) is 0 Å². The van der Waals surface area contributed by atoms with Crippen molar-refractivity contribution in [1.82, 2.24) is 4.90 Å². The lowest BCUT2D eigenvalue weighted by molar-refractivity contribution is 0.294. The molecule has 4 heteroatoms. The summed E-state index contributed by atoms with van der Waals surface area (Å²) in [4.78, 5) is 2.20. The topological polar surface area (TPSA) is 3.24 Å². The molecule has 0 aliphatic heterocycles. The first-order valence-electron chi connectivity index (χ1n) is 4.89. The summed E-state index contributed by atoms with van der Waals surface area (Å²) in [6.07, 6.45) is 0. The second-order valence-corrected chi connectivity index (χ2v) is 5.00. The molecule has 1 aromatic carbocycles. The Morgan fingerprint density at radius 1 is 1.40 bits per heavy atom. The molecule has 0 saturated heterocycles. The Kier molecular flexibility index (Phi) is 5.79. The first-order valence-corrected chi connectivity index (χ1v) is 6.81. The van der Waals surface area contributed by atoms with Gasteiger partial charge in [-0.1, -0.05) is 44.8 Å². The first kappa shape index (κ1) is 13.1. The minimum absolute atomic E-state index is 0.141. The maximum Gasteiger partial charge on any atom is 0.128 e. The molecule has 0 amide bonds. The third-order valence-corrected chi connectivity index (χ3v) is 3.10. The summed E-state index contributed by atoms with van der Waals surface area (Å²) >= 11 is 6.64. The Labute approximate surface area is 107 Å². The summed E-state index contributed by atoms with van der Waals surface area (Å²) in [7, 11) is 0. The van der Waals surface area contributed by atoms with Crippen LogP contribution in [0.25, 0.3) is 0 Å². The summed E-state index contributed by atoms with van der Waals surface area (Å²) in [6.45, 7) is 4.62. The zero-order valence-corrected chi connectivity index (χ0v) is 11.8. The number of benzene rings is 1. The zero-order valence-electron chi connectivity index (χ0n) is 8.64. The molecule has 1 rings (SSSR count). The van der Waals surface area contributed by atoms with Gasteiger partial charge in [0.05, 0.1) is 0 Å². The summed E-state index contributed by atoms with van der Waals surface area (Å²) in [5.74, 6) is -0.141. The monoisotopic (exact) mass is 337 g/mol. The number of halogens is 3. The van der Waals surface area contributed by atoms with Gasteiger partial charge in [0, 0.05) is 28.5 Å². The van der Waals surface area contributed by atoms with Gasteiger partial charge >= 0.3 is 0 Å². The van der Waals surface area contributed by atoms with Gasteiger partial charge in [0.1, 0.15) is 5.82 Å². The molecule has 0 bridgehead atoms. The van der Waals surface area contributed by atoms with Gasteiger partial charge in [-0.3, -0.25) is 4.90 Å². The lowest BCUT2D eigenvalue weighted by Gasteiger charge is -2.19. The number of rotatable bonds is 5. The number of hydrogen-bond acceptors (Lipinski definition) is 1. The van der Waals surface area contributed by atoms with Crippen molar-refractivity contribution >= 4 is 31.9 Å². The van der Waals surface area contributed by atoms with E-state index in [0.29, 0.717) is 6.54 Å². The minimum Gasteiger partial charge on any atom is -0.298 e. The van der Waals surface area contributed by atoms with Gasteiger partial charge in [0.15, 0.2) is 0 Å². The maximum absolute atomic E-state index is 13.5. The van der Waals surface area contributed by atoms with Gasteiger partial charge in [-0.05, 0) is 18.7 Å². The molecule has 84 valence electrons. The lowest BCUT2D eigenvalue weighted by atomic mass is 10.2. The molecule has 0 spiro atoms. The Morgan fingerprint density at radius 2 is 2.13 bits per heavy atom. The fraction of sp³-hybridized carbons (Fsp3) is 0.455. The smallest absolute Gasteiger partial charge is 0.128 e. The molecule has 1 nitrogen and oxygen atoms in total. The minimum atomic E-state index is -0.141. The van der Waals surface area contributed by atoms with E-state index >= 15 is 0 Å². The molecule has 0 atom stereocenters. The Hall–Kier alpha value is 0.0700. The molecule has 0 heterocycles. The van der Waals surface area contributed by atoms with Crippen LogP contribution in [0.4, 0.5) is 4.39 Å². The van der Waals surface area contributed by atoms with Crippen molar-refractivity contribution < 1.29 is 4.39 Å². The van der Waals surface area contributed by atoms with E-state index in [-0.39, 0.29) is 5.82 Å². The highest BCUT2D eigenvalue weighted by Gasteiger charge is 2.07. The van der Waals surface area contributed by atoms with Crippen molar-refractivity contribution in [1.29, 1.82) is 0 Å². The van der Waals surface area contributed by atoms with E-state index in [2.05, 4.69) is 43.7 Å². The molecule has 0 N–H and O–H groups in total. The lowest BCUT2D eigenvalue weighted by Crippen LogP contribution is -2.25. The van der Waals surface area contributed by atoms with E-state index in [1.165, 1.54) is 6.07 Å². The Bertz CT molecular complexity index is 317. The van der Waals surface area contributed by atoms with Gasteiger partial charge in [0.25, 0.3) is 0 Å². The van der Waals surface area contributed by atoms with Gasteiger partial charge in [-0.15, -0.1) is 0 Å². The van der Waals surface area contributed by atoms with Crippen molar-refractivity contribution in [2.75, 3.05) is 18.4 Å². The first-order chi connectivity index (χ1) is 7.17. The van der Waals surface area contributed by atoms with Crippen molar-refractivity contribution in [3.63, 3.8) is 0 Å². The summed E-state index contributed by atoms with van der Waals surface area (Å²) in [6, 6.07) is 5.22. The molecular weight excluding hydrogens is 325 g/mol. The normalized spacial score (nSPS) is 11.0. The van der Waals surface area contributed by atoms with Gasteiger partial charge in [0.2, 0.25) is 0 Å². The molecule has 15 heavy (non-hydrogen) atoms. The largest absolute Gasteiger partial charge is 0.298 e. The number of hydrogen-bond donors (Lipinski definition) is 0. The van der Waals surface area contributed by atoms with Crippen molar-refractivity contribution in [2.45, 2.75) is 13.5 Å². The van der Waals surface area contributed by atoms with Crippen LogP contribution in [0.15, 0.2) is 22.7 Å². The molecule has 0 unspecified atom stereocenters. The van der Waals surface area contributed by atoms with E-state index in [0.717, 1.165) is 28.5 Å². The molecule has 0 aromatic heterocycles. The third kappa shape index (κ3) is 4.21. The van der Waals surface area contributed by atoms with Crippen molar-refractivity contribution in [3.8, 4) is 0 Å². The van der Waals surface area contributed by atoms with Crippen LogP contribution in [0.1, 0.15) is 12.5 Å². The van der Waals surface area contributed by atoms with E-state index in [1.54, 1.807) is 0 Å². The van der Waals surface area contributed by atoms with Gasteiger partial charge in [-0.25, -0.2) is 4.39 Å². The van der Waals surface area contributed by atoms with Crippen molar-refractivity contribution in [2.24, 2.45) is 0 Å². The molecule has 1 aromatic rings. The fourth-order valence-electron chi connectivity index (χ4n) is 1.36. The highest BCUT2D eigenvalue weighted by molar-refractivity contribution is 9.10. The molecule has 0 radical (unpaired) electrons. The van der Waals surface area contributed by atoms with Crippen LogP contribution < -0.4 is 0 Å². The van der Waals surface area contributed by atoms with Crippen LogP contribution in [0.3, 0.4) is 0 Å². The van der Waals surface area contributed by atoms with Crippen LogP contribution >= 0.6 is 31.9 Å². The quantitative estimate of drug-likeness (QED) is 0.738. The molecule has 0 saturated carbocycles. The average molecular weight is 339 g/mol. The molecule has 0 aliphatic rings. The standard InChI is InChI=1S/C11H14Br2FN/c1-2-15(6-5-12)8-9-3-4-10(13)7-11(9)14/h3-4,7H,2,5-6,8H2,1H3. The Morgan fingerprint density at radius 3 is 2.67 bits per heavy atom. The van der Waals surface area contributed by atoms with Crippen LogP contribution in [-0.4, -0.2) is 23.3 Å². The van der Waals surface area contributed by atoms with E-state index in [4.69, 9.17) is 0 Å². The second-order valence-electron chi connectivity index (χ2n) is 3.29. The second kappa shape index (κ2) is 6.61. The van der Waals surface area contributed by atoms with Crippen LogP contribution in [-0.2, 0) is 6.54 Å². The zero-order chi connectivity index (χ0) is 11.3. The summed E-state index contributed by atoms with van der Waals surface area (Å²) in [5, 5.41) is 0.916. The predicted molar refractivity (Wildman–Crippen MR) is 68.8 cm³/mol. The van der Waals surface area contributed by atoms with Crippen LogP contribution in [0.2, 0.25) is 0 Å². The average Bonchev–Trinajstić information content (AvgIpc) is 2.21. The van der Waals surface area contributed by atoms with Gasteiger partial charge in [-0.2, -0.15) is 0 Å². The molecule has 0 fully saturated rings. The van der Waals surface area contributed by atoms with E-state index in [1.807, 2.05) is 12.1 Å². The number of nitrogens with zero attached hydrogens (tertiary/aromatic N) is 1. The Balaban J connectivity index is 2.70. The third-order valence-electron chi connectivity index (χ3n) is 2.26. The SMILES string of the molecule is CCN(CCBr)Cc1ccc(Br)cc1F. The summed E-state index contributed by atoms with van der Waals surface area (Å²) in [5.41, 5.74) is 0.751. The van der Waals surface area contributed by atoms with Crippen molar-refractivity contribution in [3.05, 3.63) is 34.1 Å². The maximum atomic E-state index is 13.5. The summed E-state index contributed by atoms with van der Waals surface area (Å²) < 4.78 is 14.3. The van der Waals surface area contributed by atoms with E-state index in [9.17, 15) is 4.39 Å². The highest BCUT2D eigenvalue weighted by atomic mass is 79.9.